The van der Waals surface area contributed by atoms with Crippen LogP contribution in [0.5, 0.6) is 5.75 Å². The second-order valence-electron chi connectivity index (χ2n) is 6.27. The second kappa shape index (κ2) is 11.6. The lowest BCUT2D eigenvalue weighted by Gasteiger charge is -2.12. The summed E-state index contributed by atoms with van der Waals surface area (Å²) in [4.78, 5) is 36.2. The molecule has 0 saturated heterocycles. The van der Waals surface area contributed by atoms with E-state index in [1.54, 1.807) is 43.3 Å². The number of nitrogens with one attached hydrogen (secondary N) is 4. The van der Waals surface area contributed by atoms with Gasteiger partial charge in [-0.05, 0) is 71.0 Å². The number of anilines is 1. The van der Waals surface area contributed by atoms with Gasteiger partial charge in [-0.15, -0.1) is 0 Å². The van der Waals surface area contributed by atoms with Crippen molar-refractivity contribution in [3.8, 4) is 5.75 Å². The predicted molar refractivity (Wildman–Crippen MR) is 126 cm³/mol. The molecular weight excluding hydrogens is 508 g/mol. The highest BCUT2D eigenvalue weighted by Crippen LogP contribution is 2.25. The summed E-state index contributed by atoms with van der Waals surface area (Å²) < 4.78 is 5.72. The number of thiocarbonyl (C=S) groups is 1. The number of ether oxygens (including phenoxy) is 1. The topological polar surface area (TPSA) is 109 Å². The maximum Gasteiger partial charge on any atom is 0.257 e. The van der Waals surface area contributed by atoms with Gasteiger partial charge in [-0.1, -0.05) is 17.7 Å². The zero-order valence-electron chi connectivity index (χ0n) is 16.7. The van der Waals surface area contributed by atoms with Crippen molar-refractivity contribution in [3.05, 3.63) is 57.0 Å². The molecule has 0 unspecified atom stereocenters. The van der Waals surface area contributed by atoms with Crippen molar-refractivity contribution in [3.63, 3.8) is 0 Å². The summed E-state index contributed by atoms with van der Waals surface area (Å²) in [6, 6.07) is 9.95. The van der Waals surface area contributed by atoms with Gasteiger partial charge >= 0.3 is 0 Å². The van der Waals surface area contributed by atoms with Crippen LogP contribution >= 0.6 is 39.7 Å². The highest BCUT2D eigenvalue weighted by molar-refractivity contribution is 9.10. The van der Waals surface area contributed by atoms with E-state index in [4.69, 9.17) is 28.6 Å². The van der Waals surface area contributed by atoms with Crippen molar-refractivity contribution in [2.24, 2.45) is 0 Å². The van der Waals surface area contributed by atoms with E-state index in [0.29, 0.717) is 26.5 Å². The molecule has 31 heavy (non-hydrogen) atoms. The highest BCUT2D eigenvalue weighted by atomic mass is 79.9. The lowest BCUT2D eigenvalue weighted by molar-refractivity contribution is -0.124. The Morgan fingerprint density at radius 3 is 2.48 bits per heavy atom. The number of methoxy groups -OCH3 is 1. The standard InChI is InChI=1S/C20H20BrClN4O4S/c1-11-14(22)4-3-5-15(11)23-17(27)8-9-18(28)25-26-20(31)24-19(29)12-6-7-16(30-2)13(21)10-12/h3-7,10H,8-9H2,1-2H3,(H,23,27)(H,25,28)(H2,24,26,29,31). The number of carbonyl (C=O) groups excluding carboxylic acids is 3. The Kier molecular flexibility index (Phi) is 9.22. The quantitative estimate of drug-likeness (QED) is 0.338. The van der Waals surface area contributed by atoms with Crippen molar-refractivity contribution in [1.82, 2.24) is 16.2 Å². The van der Waals surface area contributed by atoms with Crippen molar-refractivity contribution in [1.29, 1.82) is 0 Å². The summed E-state index contributed by atoms with van der Waals surface area (Å²) in [7, 11) is 1.52. The zero-order valence-corrected chi connectivity index (χ0v) is 19.8. The molecule has 0 saturated carbocycles. The normalized spacial score (nSPS) is 10.1. The number of benzene rings is 2. The number of amides is 3. The average molecular weight is 528 g/mol. The number of halogens is 2. The fourth-order valence-corrected chi connectivity index (χ4v) is 3.24. The molecule has 0 radical (unpaired) electrons. The van der Waals surface area contributed by atoms with Gasteiger partial charge in [-0.3, -0.25) is 30.6 Å². The minimum atomic E-state index is -0.471. The first-order valence-electron chi connectivity index (χ1n) is 9.00. The Morgan fingerprint density at radius 1 is 1.10 bits per heavy atom. The zero-order chi connectivity index (χ0) is 23.0. The lowest BCUT2D eigenvalue weighted by atomic mass is 10.2. The summed E-state index contributed by atoms with van der Waals surface area (Å²) in [6.45, 7) is 1.79. The van der Waals surface area contributed by atoms with E-state index in [-0.39, 0.29) is 23.9 Å². The monoisotopic (exact) mass is 526 g/mol. The molecule has 0 aromatic heterocycles. The van der Waals surface area contributed by atoms with E-state index in [1.807, 2.05) is 0 Å². The lowest BCUT2D eigenvalue weighted by Crippen LogP contribution is -2.48. The largest absolute Gasteiger partial charge is 0.496 e. The molecule has 3 amide bonds. The predicted octanol–water partition coefficient (Wildman–Crippen LogP) is 3.47. The molecule has 0 spiro atoms. The van der Waals surface area contributed by atoms with Crippen LogP contribution in [-0.2, 0) is 9.59 Å². The average Bonchev–Trinajstić information content (AvgIpc) is 2.74. The Hall–Kier alpha value is -2.69. The van der Waals surface area contributed by atoms with Crippen LogP contribution in [0.1, 0.15) is 28.8 Å². The van der Waals surface area contributed by atoms with Gasteiger partial charge < -0.3 is 10.1 Å². The molecule has 0 bridgehead atoms. The van der Waals surface area contributed by atoms with Crippen LogP contribution < -0.4 is 26.2 Å². The van der Waals surface area contributed by atoms with Gasteiger partial charge in [0.05, 0.1) is 11.6 Å². The highest BCUT2D eigenvalue weighted by Gasteiger charge is 2.12. The molecule has 0 heterocycles. The maximum atomic E-state index is 12.2. The summed E-state index contributed by atoms with van der Waals surface area (Å²) in [5, 5.41) is 5.59. The number of hydrazine groups is 1. The summed E-state index contributed by atoms with van der Waals surface area (Å²) >= 11 is 14.3. The van der Waals surface area contributed by atoms with Crippen LogP contribution in [0.4, 0.5) is 5.69 Å². The van der Waals surface area contributed by atoms with Crippen molar-refractivity contribution >= 4 is 68.3 Å². The number of hydrogen-bond donors (Lipinski definition) is 4. The number of hydrogen-bond acceptors (Lipinski definition) is 5. The minimum absolute atomic E-state index is 0.0432. The van der Waals surface area contributed by atoms with Crippen molar-refractivity contribution in [2.75, 3.05) is 12.4 Å². The molecule has 4 N–H and O–H groups in total. The fraction of sp³-hybridized carbons (Fsp3) is 0.200. The summed E-state index contributed by atoms with van der Waals surface area (Å²) in [6.07, 6.45) is -0.126. The van der Waals surface area contributed by atoms with E-state index < -0.39 is 11.8 Å². The third kappa shape index (κ3) is 7.50. The van der Waals surface area contributed by atoms with Crippen LogP contribution in [0.25, 0.3) is 0 Å². The van der Waals surface area contributed by atoms with Crippen LogP contribution in [0.3, 0.4) is 0 Å². The van der Waals surface area contributed by atoms with Gasteiger partial charge in [0.25, 0.3) is 5.91 Å². The summed E-state index contributed by atoms with van der Waals surface area (Å²) in [5.41, 5.74) is 6.43. The third-order valence-electron chi connectivity index (χ3n) is 4.08. The van der Waals surface area contributed by atoms with E-state index in [2.05, 4.69) is 37.4 Å². The molecule has 2 rings (SSSR count). The molecule has 0 aliphatic carbocycles. The first kappa shape index (κ1) is 24.6. The molecule has 8 nitrogen and oxygen atoms in total. The fourth-order valence-electron chi connectivity index (χ4n) is 2.39. The second-order valence-corrected chi connectivity index (χ2v) is 7.94. The molecule has 2 aromatic rings. The summed E-state index contributed by atoms with van der Waals surface area (Å²) in [5.74, 6) is -0.686. The molecule has 0 atom stereocenters. The van der Waals surface area contributed by atoms with Gasteiger partial charge in [0.2, 0.25) is 11.8 Å². The van der Waals surface area contributed by atoms with Crippen LogP contribution in [0.15, 0.2) is 40.9 Å². The first-order valence-corrected chi connectivity index (χ1v) is 10.6. The Labute approximate surface area is 198 Å². The van der Waals surface area contributed by atoms with E-state index >= 15 is 0 Å². The Bertz CT molecular complexity index is 1020. The van der Waals surface area contributed by atoms with Crippen LogP contribution in [0.2, 0.25) is 5.02 Å². The van der Waals surface area contributed by atoms with E-state index in [1.165, 1.54) is 7.11 Å². The van der Waals surface area contributed by atoms with Gasteiger partial charge in [-0.25, -0.2) is 0 Å². The number of rotatable bonds is 6. The SMILES string of the molecule is COc1ccc(C(=O)NC(=S)NNC(=O)CCC(=O)Nc2cccc(Cl)c2C)cc1Br. The molecular formula is C20H20BrClN4O4S. The van der Waals surface area contributed by atoms with E-state index in [9.17, 15) is 14.4 Å². The maximum absolute atomic E-state index is 12.2. The molecule has 0 fully saturated rings. The third-order valence-corrected chi connectivity index (χ3v) is 5.31. The Balaban J connectivity index is 1.74. The van der Waals surface area contributed by atoms with E-state index in [0.717, 1.165) is 5.56 Å². The van der Waals surface area contributed by atoms with Crippen LogP contribution in [0, 0.1) is 6.92 Å². The minimum Gasteiger partial charge on any atom is -0.496 e. The smallest absolute Gasteiger partial charge is 0.257 e. The molecule has 0 aliphatic rings. The van der Waals surface area contributed by atoms with Gasteiger partial charge in [0.15, 0.2) is 5.11 Å². The van der Waals surface area contributed by atoms with Crippen LogP contribution in [-0.4, -0.2) is 29.9 Å². The molecule has 0 aliphatic heterocycles. The van der Waals surface area contributed by atoms with Gasteiger partial charge in [0.1, 0.15) is 5.75 Å². The first-order chi connectivity index (χ1) is 14.7. The Morgan fingerprint density at radius 2 is 1.81 bits per heavy atom. The number of carbonyl (C=O) groups is 3. The molecule has 164 valence electrons. The van der Waals surface area contributed by atoms with Crippen molar-refractivity contribution in [2.45, 2.75) is 19.8 Å². The molecule has 11 heteroatoms. The van der Waals surface area contributed by atoms with Crippen molar-refractivity contribution < 1.29 is 19.1 Å². The van der Waals surface area contributed by atoms with Gasteiger partial charge in [-0.2, -0.15) is 0 Å². The molecule has 2 aromatic carbocycles. The van der Waals surface area contributed by atoms with Gasteiger partial charge in [0, 0.05) is 29.1 Å².